The number of ether oxygens (including phenoxy) is 4. The molecule has 2 aliphatic heterocycles. The highest BCUT2D eigenvalue weighted by Gasteiger charge is 2.63. The topological polar surface area (TPSA) is 192 Å². The smallest absolute Gasteiger partial charge is 0.427 e. The molecule has 1 saturated heterocycles. The molecule has 3 fully saturated rings. The van der Waals surface area contributed by atoms with Gasteiger partial charge in [-0.2, -0.15) is 13.2 Å². The number of pyridine rings is 1. The van der Waals surface area contributed by atoms with Crippen molar-refractivity contribution in [2.24, 2.45) is 17.8 Å². The Labute approximate surface area is 347 Å². The molecule has 19 heteroatoms. The van der Waals surface area contributed by atoms with E-state index in [0.717, 1.165) is 0 Å². The average molecular weight is 866 g/mol. The molecule has 60 heavy (non-hydrogen) atoms. The Balaban J connectivity index is 1.39. The Morgan fingerprint density at radius 1 is 1.08 bits per heavy atom. The van der Waals surface area contributed by atoms with Gasteiger partial charge in [-0.3, -0.25) is 19.1 Å². The summed E-state index contributed by atoms with van der Waals surface area (Å²) in [5, 5.41) is 5.80. The molecule has 330 valence electrons. The van der Waals surface area contributed by atoms with E-state index in [9.17, 15) is 40.8 Å². The molecule has 1 aromatic heterocycles. The van der Waals surface area contributed by atoms with Gasteiger partial charge in [0.25, 0.3) is 5.91 Å². The number of methoxy groups -OCH3 is 2. The Hall–Kier alpha value is -4.81. The number of nitrogens with zero attached hydrogens (tertiary/aromatic N) is 2. The largest absolute Gasteiger partial charge is 0.497 e. The van der Waals surface area contributed by atoms with E-state index in [0.29, 0.717) is 74.8 Å². The Morgan fingerprint density at radius 2 is 1.80 bits per heavy atom. The lowest BCUT2D eigenvalue weighted by Gasteiger charge is -2.35. The predicted octanol–water partition coefficient (Wildman–Crippen LogP) is 5.31. The molecule has 4 amide bonds. The summed E-state index contributed by atoms with van der Waals surface area (Å²) in [6.45, 7) is 6.46. The van der Waals surface area contributed by atoms with Gasteiger partial charge in [-0.1, -0.05) is 32.4 Å². The molecule has 0 bridgehead atoms. The van der Waals surface area contributed by atoms with Gasteiger partial charge < -0.3 is 34.5 Å². The predicted molar refractivity (Wildman–Crippen MR) is 213 cm³/mol. The fourth-order valence-electron chi connectivity index (χ4n) is 7.92. The van der Waals surface area contributed by atoms with Gasteiger partial charge in [0.05, 0.1) is 31.0 Å². The molecule has 0 spiro atoms. The van der Waals surface area contributed by atoms with E-state index in [4.69, 9.17) is 18.9 Å². The SMILES string of the molecule is CCC1CC(C)CCC=CC2CC2(C(=O)NS(=O)(=O)C2(C)CC2)NC(=O)C2CC(Oc3cc(OC)nc4cc(OC)ccc34)CN2C(=O)C1NC(=O)OC(C)(C)C(F)(F)F. The summed E-state index contributed by atoms with van der Waals surface area (Å²) < 4.78 is 91.2. The summed E-state index contributed by atoms with van der Waals surface area (Å²) in [5.74, 6) is -2.63. The zero-order valence-electron chi connectivity index (χ0n) is 34.8. The number of carbonyl (C=O) groups is 4. The molecule has 7 unspecified atom stereocenters. The number of aromatic nitrogens is 1. The maximum atomic E-state index is 15.0. The van der Waals surface area contributed by atoms with Crippen LogP contribution >= 0.6 is 0 Å². The molecular weight excluding hydrogens is 812 g/mol. The fraction of sp³-hybridized carbons (Fsp3) is 0.634. The van der Waals surface area contributed by atoms with Crippen LogP contribution in [0.1, 0.15) is 86.0 Å². The molecule has 2 aromatic rings. The molecule has 2 aliphatic carbocycles. The number of alkyl carbamates (subject to hydrolysis) is 1. The number of nitrogens with one attached hydrogen (secondary N) is 3. The summed E-state index contributed by atoms with van der Waals surface area (Å²) in [6.07, 6.45) is -1.04. The second kappa shape index (κ2) is 16.6. The third kappa shape index (κ3) is 9.10. The first-order valence-corrected chi connectivity index (χ1v) is 21.7. The van der Waals surface area contributed by atoms with Crippen molar-refractivity contribution in [3.8, 4) is 17.4 Å². The number of fused-ring (bicyclic) bond motifs is 3. The van der Waals surface area contributed by atoms with E-state index in [1.165, 1.54) is 26.0 Å². The second-order valence-electron chi connectivity index (χ2n) is 17.2. The first kappa shape index (κ1) is 44.7. The first-order valence-electron chi connectivity index (χ1n) is 20.2. The average Bonchev–Trinajstić information content (AvgIpc) is 4.06. The lowest BCUT2D eigenvalue weighted by molar-refractivity contribution is -0.244. The van der Waals surface area contributed by atoms with Crippen LogP contribution in [0.2, 0.25) is 0 Å². The van der Waals surface area contributed by atoms with E-state index in [1.54, 1.807) is 37.3 Å². The fourth-order valence-corrected chi connectivity index (χ4v) is 9.24. The molecular formula is C41H54F3N5O10S. The van der Waals surface area contributed by atoms with E-state index in [2.05, 4.69) is 20.3 Å². The van der Waals surface area contributed by atoms with Crippen molar-refractivity contribution < 1.29 is 59.7 Å². The molecule has 4 aliphatic rings. The Bertz CT molecular complexity index is 2140. The number of amides is 4. The van der Waals surface area contributed by atoms with Crippen LogP contribution in [0, 0.1) is 17.8 Å². The highest BCUT2D eigenvalue weighted by atomic mass is 32.2. The Morgan fingerprint density at radius 3 is 2.43 bits per heavy atom. The zero-order valence-corrected chi connectivity index (χ0v) is 35.6. The number of hydrogen-bond acceptors (Lipinski definition) is 11. The van der Waals surface area contributed by atoms with Crippen LogP contribution in [-0.2, 0) is 29.1 Å². The highest BCUT2D eigenvalue weighted by molar-refractivity contribution is 7.91. The quantitative estimate of drug-likeness (QED) is 0.262. The lowest BCUT2D eigenvalue weighted by Crippen LogP contribution is -2.60. The molecule has 0 radical (unpaired) electrons. The number of halogens is 3. The van der Waals surface area contributed by atoms with Gasteiger partial charge in [-0.05, 0) is 83.3 Å². The van der Waals surface area contributed by atoms with Gasteiger partial charge in [0.1, 0.15) is 35.2 Å². The minimum absolute atomic E-state index is 0.0417. The van der Waals surface area contributed by atoms with Gasteiger partial charge in [0.2, 0.25) is 33.3 Å². The second-order valence-corrected chi connectivity index (χ2v) is 19.4. The third-order valence-electron chi connectivity index (χ3n) is 12.4. The molecule has 3 heterocycles. The van der Waals surface area contributed by atoms with E-state index < -0.39 is 85.9 Å². The van der Waals surface area contributed by atoms with Gasteiger partial charge in [0, 0.05) is 29.9 Å². The van der Waals surface area contributed by atoms with Crippen molar-refractivity contribution >= 4 is 44.7 Å². The van der Waals surface area contributed by atoms with Gasteiger partial charge >= 0.3 is 12.3 Å². The normalized spacial score (nSPS) is 28.3. The van der Waals surface area contributed by atoms with Crippen LogP contribution in [0.25, 0.3) is 10.9 Å². The van der Waals surface area contributed by atoms with Crippen molar-refractivity contribution in [3.63, 3.8) is 0 Å². The zero-order chi connectivity index (χ0) is 44.0. The molecule has 7 atom stereocenters. The monoisotopic (exact) mass is 865 g/mol. The number of carbonyl (C=O) groups excluding carboxylic acids is 4. The summed E-state index contributed by atoms with van der Waals surface area (Å²) >= 11 is 0. The summed E-state index contributed by atoms with van der Waals surface area (Å²) in [6, 6.07) is 3.88. The minimum atomic E-state index is -4.92. The van der Waals surface area contributed by atoms with E-state index in [-0.39, 0.29) is 31.2 Å². The van der Waals surface area contributed by atoms with Crippen LogP contribution < -0.4 is 29.6 Å². The van der Waals surface area contributed by atoms with Gasteiger partial charge in [-0.25, -0.2) is 18.2 Å². The summed E-state index contributed by atoms with van der Waals surface area (Å²) in [4.78, 5) is 62.5. The van der Waals surface area contributed by atoms with Crippen molar-refractivity contribution in [2.45, 2.75) is 126 Å². The maximum absolute atomic E-state index is 15.0. The highest BCUT2D eigenvalue weighted by Crippen LogP contribution is 2.48. The minimum Gasteiger partial charge on any atom is -0.497 e. The summed E-state index contributed by atoms with van der Waals surface area (Å²) in [7, 11) is -1.16. The number of alkyl halides is 3. The molecule has 2 saturated carbocycles. The lowest BCUT2D eigenvalue weighted by atomic mass is 9.85. The van der Waals surface area contributed by atoms with E-state index in [1.807, 2.05) is 13.0 Å². The number of benzene rings is 1. The molecule has 6 rings (SSSR count). The van der Waals surface area contributed by atoms with Gasteiger partial charge in [0.15, 0.2) is 0 Å². The first-order chi connectivity index (χ1) is 28.1. The van der Waals surface area contributed by atoms with Gasteiger partial charge in [-0.15, -0.1) is 0 Å². The Kier molecular flexibility index (Phi) is 12.4. The number of hydrogen-bond donors (Lipinski definition) is 3. The van der Waals surface area contributed by atoms with Crippen LogP contribution in [0.3, 0.4) is 0 Å². The van der Waals surface area contributed by atoms with Crippen LogP contribution in [0.4, 0.5) is 18.0 Å². The third-order valence-corrected chi connectivity index (χ3v) is 14.5. The maximum Gasteiger partial charge on any atom is 0.427 e. The van der Waals surface area contributed by atoms with Crippen molar-refractivity contribution in [3.05, 3.63) is 36.4 Å². The number of sulfonamides is 1. The van der Waals surface area contributed by atoms with Crippen LogP contribution in [0.15, 0.2) is 36.4 Å². The summed E-state index contributed by atoms with van der Waals surface area (Å²) in [5.41, 5.74) is -4.09. The number of rotatable bonds is 10. The van der Waals surface area contributed by atoms with Crippen molar-refractivity contribution in [2.75, 3.05) is 20.8 Å². The van der Waals surface area contributed by atoms with E-state index >= 15 is 0 Å². The van der Waals surface area contributed by atoms with Crippen LogP contribution in [-0.4, -0.2) is 103 Å². The van der Waals surface area contributed by atoms with Crippen molar-refractivity contribution in [1.82, 2.24) is 25.2 Å². The number of allylic oxidation sites excluding steroid dienone is 1. The molecule has 1 aromatic carbocycles. The standard InChI is InChI=1S/C41H54F3N5O10S/c1-8-24-17-23(2)11-9-10-12-25-21-40(25,36(52)48-60(54,55)39(5)15-16-39)47-34(50)30-19-27(58-31-20-32(57-7)45-29-18-26(56-6)13-14-28(29)31)22-49(30)35(51)33(24)46-37(53)59-38(3,4)41(42,43)44/h10,12-14,18,20,23-25,27,30,33H,8-9,11,15-17,19,21-22H2,1-7H3,(H,46,53)(H,47,50)(H,48,52). The van der Waals surface area contributed by atoms with Crippen LogP contribution in [0.5, 0.6) is 17.4 Å². The molecule has 3 N–H and O–H groups in total. The van der Waals surface area contributed by atoms with Crippen molar-refractivity contribution in [1.29, 1.82) is 0 Å². The molecule has 15 nitrogen and oxygen atoms in total.